The van der Waals surface area contributed by atoms with Gasteiger partial charge in [0.05, 0.1) is 30.2 Å². The Morgan fingerprint density at radius 3 is 2.52 bits per heavy atom. The first-order valence-corrected chi connectivity index (χ1v) is 10.8. The molecule has 2 N–H and O–H groups in total. The Bertz CT molecular complexity index is 1120. The summed E-state index contributed by atoms with van der Waals surface area (Å²) >= 11 is 7.33. The molecular weight excluding hydrogens is 438 g/mol. The highest BCUT2D eigenvalue weighted by Gasteiger charge is 2.20. The van der Waals surface area contributed by atoms with Crippen LogP contribution in [0.5, 0.6) is 11.5 Å². The SMILES string of the molecule is CCC(Sc1nc(-c2ccc(OC)cc2)cc(=O)[nH]1)C(=O)Nc1ccc(OC)c(Cl)c1. The molecule has 3 rings (SSSR count). The Kier molecular flexibility index (Phi) is 7.59. The molecule has 0 bridgehead atoms. The second-order valence-corrected chi connectivity index (χ2v) is 8.12. The molecule has 1 aromatic heterocycles. The van der Waals surface area contributed by atoms with Crippen molar-refractivity contribution in [2.45, 2.75) is 23.8 Å². The van der Waals surface area contributed by atoms with E-state index in [1.807, 2.05) is 19.1 Å². The van der Waals surface area contributed by atoms with Crippen LogP contribution < -0.4 is 20.3 Å². The monoisotopic (exact) mass is 459 g/mol. The number of anilines is 1. The third-order valence-corrected chi connectivity index (χ3v) is 5.99. The lowest BCUT2D eigenvalue weighted by Crippen LogP contribution is -2.25. The molecular formula is C22H22ClN3O4S. The molecule has 2 aromatic carbocycles. The molecule has 1 heterocycles. The van der Waals surface area contributed by atoms with Crippen LogP contribution in [0.25, 0.3) is 11.3 Å². The van der Waals surface area contributed by atoms with Crippen molar-refractivity contribution in [2.75, 3.05) is 19.5 Å². The summed E-state index contributed by atoms with van der Waals surface area (Å²) in [6, 6.07) is 13.7. The summed E-state index contributed by atoms with van der Waals surface area (Å²) in [5.74, 6) is 1.02. The zero-order chi connectivity index (χ0) is 22.4. The number of hydrogen-bond acceptors (Lipinski definition) is 6. The molecule has 3 aromatic rings. The molecule has 0 radical (unpaired) electrons. The number of carbonyl (C=O) groups excluding carboxylic acids is 1. The van der Waals surface area contributed by atoms with Gasteiger partial charge in [-0.1, -0.05) is 30.3 Å². The summed E-state index contributed by atoms with van der Waals surface area (Å²) in [7, 11) is 3.11. The summed E-state index contributed by atoms with van der Waals surface area (Å²) in [5, 5.41) is 3.15. The van der Waals surface area contributed by atoms with Crippen LogP contribution >= 0.6 is 23.4 Å². The Balaban J connectivity index is 1.77. The maximum Gasteiger partial charge on any atom is 0.252 e. The number of halogens is 1. The van der Waals surface area contributed by atoms with E-state index in [1.54, 1.807) is 37.4 Å². The number of amides is 1. The fourth-order valence-electron chi connectivity index (χ4n) is 2.82. The number of methoxy groups -OCH3 is 2. The van der Waals surface area contributed by atoms with Crippen molar-refractivity contribution >= 4 is 35.0 Å². The van der Waals surface area contributed by atoms with E-state index in [2.05, 4.69) is 15.3 Å². The number of ether oxygens (including phenoxy) is 2. The van der Waals surface area contributed by atoms with Crippen LogP contribution in [0.2, 0.25) is 5.02 Å². The molecule has 0 fully saturated rings. The average molecular weight is 460 g/mol. The summed E-state index contributed by atoms with van der Waals surface area (Å²) in [5.41, 5.74) is 1.56. The first-order chi connectivity index (χ1) is 14.9. The zero-order valence-corrected chi connectivity index (χ0v) is 18.8. The molecule has 162 valence electrons. The number of H-pyrrole nitrogens is 1. The summed E-state index contributed by atoms with van der Waals surface area (Å²) in [6.07, 6.45) is 0.539. The van der Waals surface area contributed by atoms with Crippen molar-refractivity contribution in [1.29, 1.82) is 0 Å². The molecule has 0 aliphatic heterocycles. The number of thioether (sulfide) groups is 1. The van der Waals surface area contributed by atoms with Gasteiger partial charge in [0, 0.05) is 17.3 Å². The van der Waals surface area contributed by atoms with Gasteiger partial charge in [-0.3, -0.25) is 9.59 Å². The number of aromatic nitrogens is 2. The Morgan fingerprint density at radius 2 is 1.90 bits per heavy atom. The van der Waals surface area contributed by atoms with E-state index in [1.165, 1.54) is 24.9 Å². The first-order valence-electron chi connectivity index (χ1n) is 9.50. The van der Waals surface area contributed by atoms with E-state index in [4.69, 9.17) is 21.1 Å². The van der Waals surface area contributed by atoms with Crippen LogP contribution in [0.1, 0.15) is 13.3 Å². The predicted octanol–water partition coefficient (Wildman–Crippen LogP) is 4.62. The van der Waals surface area contributed by atoms with Crippen LogP contribution in [0.15, 0.2) is 58.5 Å². The van der Waals surface area contributed by atoms with E-state index in [0.717, 1.165) is 5.56 Å². The van der Waals surface area contributed by atoms with Gasteiger partial charge in [-0.05, 0) is 48.9 Å². The van der Waals surface area contributed by atoms with Crippen LogP contribution in [0.4, 0.5) is 5.69 Å². The molecule has 1 unspecified atom stereocenters. The fraction of sp³-hybridized carbons (Fsp3) is 0.227. The van der Waals surface area contributed by atoms with Crippen molar-refractivity contribution in [1.82, 2.24) is 9.97 Å². The van der Waals surface area contributed by atoms with Crippen molar-refractivity contribution in [2.24, 2.45) is 0 Å². The number of carbonyl (C=O) groups is 1. The van der Waals surface area contributed by atoms with Crippen molar-refractivity contribution < 1.29 is 14.3 Å². The highest BCUT2D eigenvalue weighted by Crippen LogP contribution is 2.29. The van der Waals surface area contributed by atoms with Gasteiger partial charge in [-0.2, -0.15) is 0 Å². The number of aromatic amines is 1. The Labute approximate surface area is 189 Å². The third-order valence-electron chi connectivity index (χ3n) is 4.44. The predicted molar refractivity (Wildman–Crippen MR) is 123 cm³/mol. The lowest BCUT2D eigenvalue weighted by molar-refractivity contribution is -0.115. The van der Waals surface area contributed by atoms with Gasteiger partial charge in [0.15, 0.2) is 5.16 Å². The van der Waals surface area contributed by atoms with Crippen LogP contribution in [-0.2, 0) is 4.79 Å². The van der Waals surface area contributed by atoms with Crippen LogP contribution in [0.3, 0.4) is 0 Å². The topological polar surface area (TPSA) is 93.3 Å². The summed E-state index contributed by atoms with van der Waals surface area (Å²) in [6.45, 7) is 1.89. The van der Waals surface area contributed by atoms with Gasteiger partial charge in [0.1, 0.15) is 11.5 Å². The normalized spacial score (nSPS) is 11.6. The van der Waals surface area contributed by atoms with E-state index in [9.17, 15) is 9.59 Å². The van der Waals surface area contributed by atoms with E-state index < -0.39 is 5.25 Å². The van der Waals surface area contributed by atoms with Crippen molar-refractivity contribution in [3.8, 4) is 22.8 Å². The maximum atomic E-state index is 12.8. The number of benzene rings is 2. The van der Waals surface area contributed by atoms with Crippen molar-refractivity contribution in [3.05, 3.63) is 63.9 Å². The van der Waals surface area contributed by atoms with Gasteiger partial charge >= 0.3 is 0 Å². The smallest absolute Gasteiger partial charge is 0.252 e. The fourth-order valence-corrected chi connectivity index (χ4v) is 4.00. The summed E-state index contributed by atoms with van der Waals surface area (Å²) < 4.78 is 10.3. The molecule has 7 nitrogen and oxygen atoms in total. The highest BCUT2D eigenvalue weighted by molar-refractivity contribution is 8.00. The molecule has 0 saturated carbocycles. The lowest BCUT2D eigenvalue weighted by atomic mass is 10.1. The van der Waals surface area contributed by atoms with Crippen LogP contribution in [-0.4, -0.2) is 35.3 Å². The van der Waals surface area contributed by atoms with Gasteiger partial charge in [0.2, 0.25) is 5.91 Å². The van der Waals surface area contributed by atoms with Gasteiger partial charge < -0.3 is 19.8 Å². The molecule has 0 spiro atoms. The molecule has 31 heavy (non-hydrogen) atoms. The standard InChI is InChI=1S/C22H22ClN3O4S/c1-4-19(21(28)24-14-7-10-18(30-3)16(23)11-14)31-22-25-17(12-20(27)26-22)13-5-8-15(29-2)9-6-13/h5-12,19H,4H2,1-3H3,(H,24,28)(H,25,26,27). The lowest BCUT2D eigenvalue weighted by Gasteiger charge is -2.15. The molecule has 0 saturated heterocycles. The Hall–Kier alpha value is -2.97. The molecule has 9 heteroatoms. The molecule has 1 amide bonds. The average Bonchev–Trinajstić information content (AvgIpc) is 2.77. The number of nitrogens with zero attached hydrogens (tertiary/aromatic N) is 1. The second-order valence-electron chi connectivity index (χ2n) is 6.52. The molecule has 1 atom stereocenters. The number of hydrogen-bond donors (Lipinski definition) is 2. The molecule has 0 aliphatic carbocycles. The Morgan fingerprint density at radius 1 is 1.16 bits per heavy atom. The minimum atomic E-state index is -0.463. The van der Waals surface area contributed by atoms with E-state index >= 15 is 0 Å². The minimum absolute atomic E-state index is 0.216. The van der Waals surface area contributed by atoms with Crippen LogP contribution in [0, 0.1) is 0 Å². The third kappa shape index (κ3) is 5.80. The van der Waals surface area contributed by atoms with Gasteiger partial charge in [-0.25, -0.2) is 4.98 Å². The quantitative estimate of drug-likeness (QED) is 0.377. The summed E-state index contributed by atoms with van der Waals surface area (Å²) in [4.78, 5) is 32.2. The number of rotatable bonds is 8. The first kappa shape index (κ1) is 22.7. The molecule has 0 aliphatic rings. The highest BCUT2D eigenvalue weighted by atomic mass is 35.5. The number of nitrogens with one attached hydrogen (secondary N) is 2. The van der Waals surface area contributed by atoms with E-state index in [-0.39, 0.29) is 11.5 Å². The van der Waals surface area contributed by atoms with E-state index in [0.29, 0.717) is 39.5 Å². The van der Waals surface area contributed by atoms with Gasteiger partial charge in [0.25, 0.3) is 5.56 Å². The van der Waals surface area contributed by atoms with Gasteiger partial charge in [-0.15, -0.1) is 0 Å². The maximum absolute atomic E-state index is 12.8. The zero-order valence-electron chi connectivity index (χ0n) is 17.3. The largest absolute Gasteiger partial charge is 0.497 e. The minimum Gasteiger partial charge on any atom is -0.497 e. The van der Waals surface area contributed by atoms with Crippen molar-refractivity contribution in [3.63, 3.8) is 0 Å². The second kappa shape index (κ2) is 10.4.